The zero-order chi connectivity index (χ0) is 11.1. The van der Waals surface area contributed by atoms with Crippen LogP contribution in [0.25, 0.3) is 11.5 Å². The topological polar surface area (TPSA) is 38.9 Å². The van der Waals surface area contributed by atoms with E-state index in [2.05, 4.69) is 26.1 Å². The Bertz CT molecular complexity index is 537. The number of rotatable bonds is 2. The molecule has 0 saturated heterocycles. The fourth-order valence-corrected chi connectivity index (χ4v) is 1.83. The molecule has 1 aromatic carbocycles. The summed E-state index contributed by atoms with van der Waals surface area (Å²) in [6, 6.07) is 4.76. The minimum atomic E-state index is -0.361. The lowest BCUT2D eigenvalue weighted by atomic mass is 10.2. The van der Waals surface area contributed by atoms with E-state index < -0.39 is 0 Å². The highest BCUT2D eigenvalue weighted by Crippen LogP contribution is 2.40. The number of halogens is 2. The van der Waals surface area contributed by atoms with Gasteiger partial charge in [0, 0.05) is 10.4 Å². The lowest BCUT2D eigenvalue weighted by Crippen LogP contribution is -1.84. The molecule has 1 saturated carbocycles. The molecule has 2 aromatic rings. The number of hydrogen-bond acceptors (Lipinski definition) is 3. The Labute approximate surface area is 99.8 Å². The van der Waals surface area contributed by atoms with Crippen LogP contribution in [0.2, 0.25) is 0 Å². The summed E-state index contributed by atoms with van der Waals surface area (Å²) in [5.74, 6) is 0.907. The van der Waals surface area contributed by atoms with Crippen molar-refractivity contribution in [3.63, 3.8) is 0 Å². The summed E-state index contributed by atoms with van der Waals surface area (Å²) in [4.78, 5) is 0. The molecule has 0 bridgehead atoms. The Balaban J connectivity index is 2.00. The summed E-state index contributed by atoms with van der Waals surface area (Å²) in [6.07, 6.45) is 2.18. The molecule has 82 valence electrons. The predicted molar refractivity (Wildman–Crippen MR) is 59.4 cm³/mol. The second kappa shape index (κ2) is 3.66. The number of nitrogens with zero attached hydrogens (tertiary/aromatic N) is 2. The van der Waals surface area contributed by atoms with Crippen LogP contribution < -0.4 is 0 Å². The molecule has 1 aliphatic carbocycles. The van der Waals surface area contributed by atoms with Crippen molar-refractivity contribution in [2.24, 2.45) is 0 Å². The van der Waals surface area contributed by atoms with Crippen molar-refractivity contribution in [2.75, 3.05) is 0 Å². The Morgan fingerprint density at radius 1 is 1.31 bits per heavy atom. The highest BCUT2D eigenvalue weighted by molar-refractivity contribution is 9.10. The van der Waals surface area contributed by atoms with Crippen LogP contribution in [0.3, 0.4) is 0 Å². The van der Waals surface area contributed by atoms with Crippen LogP contribution >= 0.6 is 15.9 Å². The Morgan fingerprint density at radius 3 is 2.81 bits per heavy atom. The van der Waals surface area contributed by atoms with Gasteiger partial charge in [-0.3, -0.25) is 0 Å². The lowest BCUT2D eigenvalue weighted by Gasteiger charge is -1.97. The van der Waals surface area contributed by atoms with E-state index in [1.807, 2.05) is 0 Å². The highest BCUT2D eigenvalue weighted by Gasteiger charge is 2.29. The molecule has 1 heterocycles. The van der Waals surface area contributed by atoms with Crippen LogP contribution in [0.5, 0.6) is 0 Å². The molecule has 5 heteroatoms. The maximum atomic E-state index is 13.6. The molecule has 1 fully saturated rings. The molecular weight excluding hydrogens is 275 g/mol. The summed E-state index contributed by atoms with van der Waals surface area (Å²) in [5, 5.41) is 7.79. The predicted octanol–water partition coefficient (Wildman–Crippen LogP) is 3.52. The van der Waals surface area contributed by atoms with Gasteiger partial charge in [-0.1, -0.05) is 15.9 Å². The summed E-state index contributed by atoms with van der Waals surface area (Å²) in [6.45, 7) is 0. The van der Waals surface area contributed by atoms with Gasteiger partial charge in [-0.05, 0) is 31.0 Å². The molecule has 0 radical (unpaired) electrons. The van der Waals surface area contributed by atoms with E-state index >= 15 is 0 Å². The fourth-order valence-electron chi connectivity index (χ4n) is 1.50. The summed E-state index contributed by atoms with van der Waals surface area (Å²) in [7, 11) is 0. The summed E-state index contributed by atoms with van der Waals surface area (Å²) < 4.78 is 19.7. The first kappa shape index (κ1) is 9.96. The van der Waals surface area contributed by atoms with Gasteiger partial charge in [-0.2, -0.15) is 0 Å². The van der Waals surface area contributed by atoms with E-state index in [1.165, 1.54) is 6.07 Å². The van der Waals surface area contributed by atoms with Gasteiger partial charge in [0.15, 0.2) is 0 Å². The van der Waals surface area contributed by atoms with Crippen LogP contribution in [0.15, 0.2) is 27.1 Å². The zero-order valence-corrected chi connectivity index (χ0v) is 9.87. The van der Waals surface area contributed by atoms with E-state index in [0.717, 1.165) is 12.8 Å². The molecule has 0 unspecified atom stereocenters. The molecule has 0 aliphatic heterocycles. The highest BCUT2D eigenvalue weighted by atomic mass is 79.9. The number of hydrogen-bond donors (Lipinski definition) is 0. The maximum absolute atomic E-state index is 13.6. The molecule has 0 N–H and O–H groups in total. The van der Waals surface area contributed by atoms with Gasteiger partial charge < -0.3 is 4.42 Å². The summed E-state index contributed by atoms with van der Waals surface area (Å²) >= 11 is 3.20. The molecular formula is C11H8BrFN2O. The molecule has 1 aromatic heterocycles. The minimum Gasteiger partial charge on any atom is -0.420 e. The van der Waals surface area contributed by atoms with Gasteiger partial charge >= 0.3 is 0 Å². The van der Waals surface area contributed by atoms with Crippen molar-refractivity contribution < 1.29 is 8.81 Å². The van der Waals surface area contributed by atoms with E-state index in [4.69, 9.17) is 4.42 Å². The third-order valence-electron chi connectivity index (χ3n) is 2.53. The van der Waals surface area contributed by atoms with Crippen molar-refractivity contribution in [1.29, 1.82) is 0 Å². The fraction of sp³-hybridized carbons (Fsp3) is 0.273. The quantitative estimate of drug-likeness (QED) is 0.846. The van der Waals surface area contributed by atoms with Crippen molar-refractivity contribution in [3.8, 4) is 11.5 Å². The van der Waals surface area contributed by atoms with Crippen LogP contribution in [-0.2, 0) is 0 Å². The van der Waals surface area contributed by atoms with E-state index in [-0.39, 0.29) is 11.7 Å². The van der Waals surface area contributed by atoms with Crippen molar-refractivity contribution in [3.05, 3.63) is 34.4 Å². The third-order valence-corrected chi connectivity index (χ3v) is 3.02. The van der Waals surface area contributed by atoms with Gasteiger partial charge in [-0.15, -0.1) is 10.2 Å². The van der Waals surface area contributed by atoms with E-state index in [1.54, 1.807) is 12.1 Å². The Hall–Kier alpha value is -1.23. The first-order valence-corrected chi connectivity index (χ1v) is 5.82. The normalized spacial score (nSPS) is 15.4. The third kappa shape index (κ3) is 1.75. The number of benzene rings is 1. The van der Waals surface area contributed by atoms with Gasteiger partial charge in [0.25, 0.3) is 5.89 Å². The van der Waals surface area contributed by atoms with Gasteiger partial charge in [0.05, 0.1) is 5.56 Å². The first-order valence-electron chi connectivity index (χ1n) is 5.03. The molecule has 0 atom stereocenters. The van der Waals surface area contributed by atoms with Gasteiger partial charge in [0.2, 0.25) is 5.89 Å². The summed E-state index contributed by atoms with van der Waals surface area (Å²) in [5.41, 5.74) is 0.350. The molecule has 0 spiro atoms. The second-order valence-electron chi connectivity index (χ2n) is 3.84. The van der Waals surface area contributed by atoms with Crippen molar-refractivity contribution in [2.45, 2.75) is 18.8 Å². The average Bonchev–Trinajstić information content (AvgIpc) is 2.98. The maximum Gasteiger partial charge on any atom is 0.250 e. The van der Waals surface area contributed by atoms with E-state index in [0.29, 0.717) is 21.8 Å². The molecule has 16 heavy (non-hydrogen) atoms. The Kier molecular flexibility index (Phi) is 2.28. The molecule has 3 nitrogen and oxygen atoms in total. The van der Waals surface area contributed by atoms with Crippen LogP contribution in [0.4, 0.5) is 4.39 Å². The smallest absolute Gasteiger partial charge is 0.250 e. The monoisotopic (exact) mass is 282 g/mol. The zero-order valence-electron chi connectivity index (χ0n) is 8.28. The molecule has 0 amide bonds. The van der Waals surface area contributed by atoms with E-state index in [9.17, 15) is 4.39 Å². The van der Waals surface area contributed by atoms with Gasteiger partial charge in [-0.25, -0.2) is 4.39 Å². The lowest BCUT2D eigenvalue weighted by molar-refractivity contribution is 0.504. The average molecular weight is 283 g/mol. The standard InChI is InChI=1S/C11H8BrFN2O/c12-7-3-4-8(9(13)5-7)11-15-14-10(16-11)6-1-2-6/h3-6H,1-2H2. The van der Waals surface area contributed by atoms with Crippen LogP contribution in [0, 0.1) is 5.82 Å². The SMILES string of the molecule is Fc1cc(Br)ccc1-c1nnc(C2CC2)o1. The minimum absolute atomic E-state index is 0.256. The number of aromatic nitrogens is 2. The molecule has 1 aliphatic rings. The van der Waals surface area contributed by atoms with Crippen LogP contribution in [-0.4, -0.2) is 10.2 Å². The van der Waals surface area contributed by atoms with Crippen LogP contribution in [0.1, 0.15) is 24.7 Å². The second-order valence-corrected chi connectivity index (χ2v) is 4.76. The van der Waals surface area contributed by atoms with Crippen molar-refractivity contribution in [1.82, 2.24) is 10.2 Å². The Morgan fingerprint density at radius 2 is 2.12 bits per heavy atom. The molecule has 3 rings (SSSR count). The van der Waals surface area contributed by atoms with Gasteiger partial charge in [0.1, 0.15) is 5.82 Å². The first-order chi connectivity index (χ1) is 7.74. The van der Waals surface area contributed by atoms with Crippen molar-refractivity contribution >= 4 is 15.9 Å². The largest absolute Gasteiger partial charge is 0.420 e.